The Kier molecular flexibility index (Phi) is 3.11. The van der Waals surface area contributed by atoms with Crippen LogP contribution in [0.15, 0.2) is 36.4 Å². The number of rotatable bonds is 3. The molecule has 3 aromatic rings. The van der Waals surface area contributed by atoms with Crippen molar-refractivity contribution in [2.24, 2.45) is 0 Å². The van der Waals surface area contributed by atoms with Crippen LogP contribution in [0.1, 0.15) is 16.2 Å². The molecule has 0 aliphatic carbocycles. The van der Waals surface area contributed by atoms with Crippen molar-refractivity contribution in [3.63, 3.8) is 0 Å². The maximum atomic E-state index is 11.0. The molecule has 1 aromatic carbocycles. The second-order valence-corrected chi connectivity index (χ2v) is 4.27. The summed E-state index contributed by atoms with van der Waals surface area (Å²) < 4.78 is 0. The maximum Gasteiger partial charge on any atom is 0.354 e. The monoisotopic (exact) mass is 282 g/mol. The number of carboxylic acids is 1. The molecule has 8 heteroatoms. The van der Waals surface area contributed by atoms with E-state index < -0.39 is 5.97 Å². The number of hydrogen-bond donors (Lipinski definition) is 1. The third-order valence-corrected chi connectivity index (χ3v) is 2.69. The molecule has 0 atom stereocenters. The van der Waals surface area contributed by atoms with E-state index in [2.05, 4.69) is 25.4 Å². The summed E-state index contributed by atoms with van der Waals surface area (Å²) >= 11 is 0. The first kappa shape index (κ1) is 12.9. The molecule has 0 bridgehead atoms. The Morgan fingerprint density at radius 2 is 1.95 bits per heavy atom. The molecule has 0 saturated carbocycles. The van der Waals surface area contributed by atoms with Crippen molar-refractivity contribution in [3.05, 3.63) is 47.8 Å². The van der Waals surface area contributed by atoms with Crippen LogP contribution in [0.25, 0.3) is 17.3 Å². The molecule has 2 heterocycles. The van der Waals surface area contributed by atoms with E-state index in [1.807, 2.05) is 30.3 Å². The van der Waals surface area contributed by atoms with Gasteiger partial charge in [0, 0.05) is 11.3 Å². The fourth-order valence-corrected chi connectivity index (χ4v) is 1.75. The quantitative estimate of drug-likeness (QED) is 0.767. The average Bonchev–Trinajstić information content (AvgIpc) is 2.97. The molecule has 3 rings (SSSR count). The summed E-state index contributed by atoms with van der Waals surface area (Å²) in [5.74, 6) is -0.648. The smallest absolute Gasteiger partial charge is 0.354 e. The van der Waals surface area contributed by atoms with Gasteiger partial charge in [-0.25, -0.2) is 14.8 Å². The van der Waals surface area contributed by atoms with Crippen LogP contribution in [0.2, 0.25) is 0 Å². The molecule has 0 fully saturated rings. The molecule has 0 aliphatic heterocycles. The normalized spacial score (nSPS) is 10.5. The largest absolute Gasteiger partial charge is 0.477 e. The first-order chi connectivity index (χ1) is 10.1. The van der Waals surface area contributed by atoms with Crippen molar-refractivity contribution in [3.8, 4) is 17.3 Å². The number of nitrogens with zero attached hydrogens (tertiary/aromatic N) is 6. The summed E-state index contributed by atoms with van der Waals surface area (Å²) in [6.45, 7) is 1.67. The van der Waals surface area contributed by atoms with Gasteiger partial charge in [-0.05, 0) is 18.2 Å². The van der Waals surface area contributed by atoms with E-state index in [9.17, 15) is 4.79 Å². The Hall–Kier alpha value is -3.16. The van der Waals surface area contributed by atoms with E-state index >= 15 is 0 Å². The highest BCUT2D eigenvalue weighted by atomic mass is 16.4. The molecule has 104 valence electrons. The minimum absolute atomic E-state index is 0.0714. The van der Waals surface area contributed by atoms with Gasteiger partial charge in [-0.3, -0.25) is 0 Å². The minimum Gasteiger partial charge on any atom is -0.477 e. The number of hydrogen-bond acceptors (Lipinski definition) is 6. The Labute approximate surface area is 119 Å². The number of aromatic nitrogens is 6. The zero-order chi connectivity index (χ0) is 14.8. The highest BCUT2D eigenvalue weighted by Gasteiger charge is 2.13. The molecule has 8 nitrogen and oxygen atoms in total. The average molecular weight is 282 g/mol. The van der Waals surface area contributed by atoms with E-state index in [1.165, 1.54) is 6.07 Å². The lowest BCUT2D eigenvalue weighted by atomic mass is 10.2. The van der Waals surface area contributed by atoms with Crippen LogP contribution in [0, 0.1) is 6.92 Å². The highest BCUT2D eigenvalue weighted by molar-refractivity contribution is 5.85. The van der Waals surface area contributed by atoms with Gasteiger partial charge in [0.2, 0.25) is 5.82 Å². The van der Waals surface area contributed by atoms with Crippen molar-refractivity contribution in [1.29, 1.82) is 0 Å². The minimum atomic E-state index is -1.13. The molecular formula is C13H10N6O2. The molecular weight excluding hydrogens is 272 g/mol. The lowest BCUT2D eigenvalue weighted by molar-refractivity contribution is 0.0690. The third kappa shape index (κ3) is 2.59. The van der Waals surface area contributed by atoms with Gasteiger partial charge in [0.1, 0.15) is 0 Å². The topological polar surface area (TPSA) is 107 Å². The fraction of sp³-hybridized carbons (Fsp3) is 0.0769. The SMILES string of the molecule is Cc1cc(C(=O)O)nc(-n2nnc(-c3ccccc3)n2)n1. The van der Waals surface area contributed by atoms with Crippen molar-refractivity contribution in [2.75, 3.05) is 0 Å². The summed E-state index contributed by atoms with van der Waals surface area (Å²) in [6, 6.07) is 10.7. The number of aromatic carboxylic acids is 1. The summed E-state index contributed by atoms with van der Waals surface area (Å²) in [7, 11) is 0. The van der Waals surface area contributed by atoms with Crippen molar-refractivity contribution in [2.45, 2.75) is 6.92 Å². The number of tetrazole rings is 1. The van der Waals surface area contributed by atoms with Gasteiger partial charge < -0.3 is 5.11 Å². The van der Waals surface area contributed by atoms with Crippen LogP contribution in [0.4, 0.5) is 0 Å². The zero-order valence-electron chi connectivity index (χ0n) is 11.0. The molecule has 0 aliphatic rings. The van der Waals surface area contributed by atoms with Crippen molar-refractivity contribution >= 4 is 5.97 Å². The molecule has 0 radical (unpaired) electrons. The first-order valence-corrected chi connectivity index (χ1v) is 6.08. The zero-order valence-corrected chi connectivity index (χ0v) is 11.0. The Bertz CT molecular complexity index is 799. The van der Waals surface area contributed by atoms with Gasteiger partial charge >= 0.3 is 5.97 Å². The molecule has 0 amide bonds. The van der Waals surface area contributed by atoms with Crippen LogP contribution in [-0.4, -0.2) is 41.3 Å². The van der Waals surface area contributed by atoms with E-state index in [0.29, 0.717) is 11.5 Å². The molecule has 21 heavy (non-hydrogen) atoms. The van der Waals surface area contributed by atoms with Crippen LogP contribution in [0.3, 0.4) is 0 Å². The summed E-state index contributed by atoms with van der Waals surface area (Å²) in [5, 5.41) is 21.0. The molecule has 1 N–H and O–H groups in total. The summed E-state index contributed by atoms with van der Waals surface area (Å²) in [4.78, 5) is 20.1. The molecule has 0 saturated heterocycles. The molecule has 0 spiro atoms. The van der Waals surface area contributed by atoms with E-state index in [4.69, 9.17) is 5.11 Å². The van der Waals surface area contributed by atoms with Gasteiger partial charge in [-0.2, -0.15) is 0 Å². The predicted octanol–water partition coefficient (Wildman–Crippen LogP) is 1.13. The summed E-state index contributed by atoms with van der Waals surface area (Å²) in [6.07, 6.45) is 0. The van der Waals surface area contributed by atoms with E-state index in [-0.39, 0.29) is 11.6 Å². The van der Waals surface area contributed by atoms with Crippen LogP contribution < -0.4 is 0 Å². The number of aryl methyl sites for hydroxylation is 1. The Morgan fingerprint density at radius 1 is 1.19 bits per heavy atom. The van der Waals surface area contributed by atoms with Crippen molar-refractivity contribution < 1.29 is 9.90 Å². The molecule has 0 unspecified atom stereocenters. The lowest BCUT2D eigenvalue weighted by Crippen LogP contribution is -2.11. The van der Waals surface area contributed by atoms with Gasteiger partial charge in [-0.15, -0.1) is 10.2 Å². The van der Waals surface area contributed by atoms with Crippen LogP contribution in [0.5, 0.6) is 0 Å². The number of carbonyl (C=O) groups is 1. The van der Waals surface area contributed by atoms with Gasteiger partial charge in [0.05, 0.1) is 0 Å². The van der Waals surface area contributed by atoms with Crippen LogP contribution >= 0.6 is 0 Å². The maximum absolute atomic E-state index is 11.0. The summed E-state index contributed by atoms with van der Waals surface area (Å²) in [5.41, 5.74) is 1.20. The van der Waals surface area contributed by atoms with Crippen LogP contribution in [-0.2, 0) is 0 Å². The second-order valence-electron chi connectivity index (χ2n) is 4.27. The Morgan fingerprint density at radius 3 is 2.67 bits per heavy atom. The lowest BCUT2D eigenvalue weighted by Gasteiger charge is -2.00. The number of benzene rings is 1. The van der Waals surface area contributed by atoms with Gasteiger partial charge in [0.15, 0.2) is 5.69 Å². The second kappa shape index (κ2) is 5.08. The molecule has 2 aromatic heterocycles. The Balaban J connectivity index is 2.02. The van der Waals surface area contributed by atoms with Crippen molar-refractivity contribution in [1.82, 2.24) is 30.2 Å². The fourth-order valence-electron chi connectivity index (χ4n) is 1.75. The predicted molar refractivity (Wildman–Crippen MR) is 71.9 cm³/mol. The number of carboxylic acid groups (broad SMARTS) is 1. The standard InChI is InChI=1S/C13H10N6O2/c1-8-7-10(12(20)21)15-13(14-8)19-17-11(16-18-19)9-5-3-2-4-6-9/h2-7H,1H3,(H,20,21). The van der Waals surface area contributed by atoms with E-state index in [0.717, 1.165) is 10.4 Å². The first-order valence-electron chi connectivity index (χ1n) is 6.08. The van der Waals surface area contributed by atoms with Gasteiger partial charge in [0.25, 0.3) is 5.95 Å². The highest BCUT2D eigenvalue weighted by Crippen LogP contribution is 2.13. The van der Waals surface area contributed by atoms with E-state index in [1.54, 1.807) is 6.92 Å². The third-order valence-electron chi connectivity index (χ3n) is 2.69. The van der Waals surface area contributed by atoms with Gasteiger partial charge in [-0.1, -0.05) is 35.1 Å².